The average Bonchev–Trinajstić information content (AvgIpc) is 3.06. The predicted molar refractivity (Wildman–Crippen MR) is 90.5 cm³/mol. The van der Waals surface area contributed by atoms with E-state index in [0.29, 0.717) is 6.54 Å². The maximum absolute atomic E-state index is 11.9. The summed E-state index contributed by atoms with van der Waals surface area (Å²) in [5.41, 5.74) is 3.02. The Bertz CT molecular complexity index is 805. The van der Waals surface area contributed by atoms with Gasteiger partial charge in [-0.1, -0.05) is 0 Å². The van der Waals surface area contributed by atoms with E-state index in [0.717, 1.165) is 17.8 Å². The smallest absolute Gasteiger partial charge is 0.319 e. The van der Waals surface area contributed by atoms with E-state index in [-0.39, 0.29) is 6.03 Å². The zero-order valence-corrected chi connectivity index (χ0v) is 13.4. The van der Waals surface area contributed by atoms with Crippen molar-refractivity contribution in [2.45, 2.75) is 13.3 Å². The Balaban J connectivity index is 1.55. The SMILES string of the molecule is Cc1csc2ccc(NC(=O)NCCc3cn(C)cn3)cc12. The van der Waals surface area contributed by atoms with E-state index < -0.39 is 0 Å². The number of hydrogen-bond donors (Lipinski definition) is 2. The molecule has 0 saturated heterocycles. The Morgan fingerprint density at radius 2 is 2.27 bits per heavy atom. The van der Waals surface area contributed by atoms with Crippen LogP contribution in [0.4, 0.5) is 10.5 Å². The van der Waals surface area contributed by atoms with E-state index in [4.69, 9.17) is 0 Å². The molecule has 3 aromatic rings. The summed E-state index contributed by atoms with van der Waals surface area (Å²) < 4.78 is 3.13. The lowest BCUT2D eigenvalue weighted by Gasteiger charge is -2.07. The third kappa shape index (κ3) is 3.28. The molecule has 5 nitrogen and oxygen atoms in total. The van der Waals surface area contributed by atoms with Gasteiger partial charge in [-0.2, -0.15) is 0 Å². The zero-order chi connectivity index (χ0) is 15.5. The van der Waals surface area contributed by atoms with Gasteiger partial charge in [0.25, 0.3) is 0 Å². The van der Waals surface area contributed by atoms with E-state index in [9.17, 15) is 4.79 Å². The largest absolute Gasteiger partial charge is 0.340 e. The van der Waals surface area contributed by atoms with Crippen molar-refractivity contribution in [1.29, 1.82) is 0 Å². The first-order chi connectivity index (χ1) is 10.6. The fourth-order valence-corrected chi connectivity index (χ4v) is 3.23. The summed E-state index contributed by atoms with van der Waals surface area (Å²) in [6.45, 7) is 2.64. The number of amides is 2. The van der Waals surface area contributed by atoms with E-state index in [2.05, 4.69) is 27.9 Å². The molecule has 0 aliphatic heterocycles. The summed E-state index contributed by atoms with van der Waals surface area (Å²) in [4.78, 5) is 16.1. The number of rotatable bonds is 4. The van der Waals surface area contributed by atoms with Crippen molar-refractivity contribution in [3.8, 4) is 0 Å². The van der Waals surface area contributed by atoms with Crippen molar-refractivity contribution in [2.24, 2.45) is 7.05 Å². The molecular weight excluding hydrogens is 296 g/mol. The van der Waals surface area contributed by atoms with Gasteiger partial charge in [0.1, 0.15) is 0 Å². The number of benzene rings is 1. The number of fused-ring (bicyclic) bond motifs is 1. The fraction of sp³-hybridized carbons (Fsp3) is 0.250. The minimum atomic E-state index is -0.192. The van der Waals surface area contributed by atoms with Crippen molar-refractivity contribution in [3.63, 3.8) is 0 Å². The molecule has 0 saturated carbocycles. The molecule has 2 N–H and O–H groups in total. The van der Waals surface area contributed by atoms with Gasteiger partial charge < -0.3 is 15.2 Å². The molecule has 0 fully saturated rings. The van der Waals surface area contributed by atoms with E-state index in [1.165, 1.54) is 15.6 Å². The molecular formula is C16H18N4OS. The maximum Gasteiger partial charge on any atom is 0.319 e. The highest BCUT2D eigenvalue weighted by atomic mass is 32.1. The number of carbonyl (C=O) groups excluding carboxylic acids is 1. The van der Waals surface area contributed by atoms with Gasteiger partial charge in [0.2, 0.25) is 0 Å². The number of imidazole rings is 1. The van der Waals surface area contributed by atoms with E-state index in [1.807, 2.05) is 36.0 Å². The molecule has 114 valence electrons. The second-order valence-corrected chi connectivity index (χ2v) is 6.20. The Morgan fingerprint density at radius 3 is 3.05 bits per heavy atom. The number of carbonyl (C=O) groups is 1. The Labute approximate surface area is 133 Å². The van der Waals surface area contributed by atoms with Crippen molar-refractivity contribution >= 4 is 33.1 Å². The van der Waals surface area contributed by atoms with Crippen LogP contribution in [-0.4, -0.2) is 22.1 Å². The quantitative estimate of drug-likeness (QED) is 0.776. The second kappa shape index (κ2) is 6.19. The fourth-order valence-electron chi connectivity index (χ4n) is 2.31. The Morgan fingerprint density at radius 1 is 1.41 bits per heavy atom. The van der Waals surface area contributed by atoms with Gasteiger partial charge in [-0.15, -0.1) is 11.3 Å². The first kappa shape index (κ1) is 14.6. The number of thiophene rings is 1. The van der Waals surface area contributed by atoms with Crippen LogP contribution in [0.5, 0.6) is 0 Å². The number of urea groups is 1. The van der Waals surface area contributed by atoms with Crippen LogP contribution in [0.3, 0.4) is 0 Å². The van der Waals surface area contributed by atoms with Gasteiger partial charge in [-0.3, -0.25) is 0 Å². The van der Waals surface area contributed by atoms with E-state index >= 15 is 0 Å². The number of aromatic nitrogens is 2. The van der Waals surface area contributed by atoms with Gasteiger partial charge in [0.15, 0.2) is 0 Å². The third-order valence-electron chi connectivity index (χ3n) is 3.45. The van der Waals surface area contributed by atoms with Crippen molar-refractivity contribution in [3.05, 3.63) is 47.4 Å². The van der Waals surface area contributed by atoms with Crippen LogP contribution in [0.15, 0.2) is 36.1 Å². The van der Waals surface area contributed by atoms with Crippen LogP contribution >= 0.6 is 11.3 Å². The molecule has 0 aliphatic carbocycles. The van der Waals surface area contributed by atoms with Crippen LogP contribution in [0, 0.1) is 6.92 Å². The summed E-state index contributed by atoms with van der Waals surface area (Å²) in [5.74, 6) is 0. The van der Waals surface area contributed by atoms with Crippen LogP contribution < -0.4 is 10.6 Å². The normalized spacial score (nSPS) is 10.8. The lowest BCUT2D eigenvalue weighted by atomic mass is 10.2. The lowest BCUT2D eigenvalue weighted by Crippen LogP contribution is -2.30. The van der Waals surface area contributed by atoms with Crippen molar-refractivity contribution in [2.75, 3.05) is 11.9 Å². The number of nitrogens with zero attached hydrogens (tertiary/aromatic N) is 2. The number of aryl methyl sites for hydroxylation is 2. The van der Waals surface area contributed by atoms with Crippen LogP contribution in [-0.2, 0) is 13.5 Å². The summed E-state index contributed by atoms with van der Waals surface area (Å²) in [6, 6.07) is 5.79. The van der Waals surface area contributed by atoms with Gasteiger partial charge in [-0.05, 0) is 41.5 Å². The topological polar surface area (TPSA) is 59.0 Å². The Hall–Kier alpha value is -2.34. The molecule has 1 aromatic carbocycles. The molecule has 0 unspecified atom stereocenters. The molecule has 0 radical (unpaired) electrons. The summed E-state index contributed by atoms with van der Waals surface area (Å²) >= 11 is 1.72. The molecule has 2 aromatic heterocycles. The lowest BCUT2D eigenvalue weighted by molar-refractivity contribution is 0.252. The Kier molecular flexibility index (Phi) is 4.11. The molecule has 0 atom stereocenters. The number of anilines is 1. The second-order valence-electron chi connectivity index (χ2n) is 5.29. The first-order valence-electron chi connectivity index (χ1n) is 7.11. The molecule has 2 heterocycles. The van der Waals surface area contributed by atoms with Crippen LogP contribution in [0.2, 0.25) is 0 Å². The summed E-state index contributed by atoms with van der Waals surface area (Å²) in [7, 11) is 1.93. The predicted octanol–water partition coefficient (Wildman–Crippen LogP) is 3.31. The minimum Gasteiger partial charge on any atom is -0.340 e. The van der Waals surface area contributed by atoms with Gasteiger partial charge in [0, 0.05) is 36.6 Å². The zero-order valence-electron chi connectivity index (χ0n) is 12.6. The van der Waals surface area contributed by atoms with Crippen LogP contribution in [0.25, 0.3) is 10.1 Å². The highest BCUT2D eigenvalue weighted by molar-refractivity contribution is 7.17. The molecule has 6 heteroatoms. The van der Waals surface area contributed by atoms with Crippen molar-refractivity contribution < 1.29 is 4.79 Å². The van der Waals surface area contributed by atoms with Gasteiger partial charge >= 0.3 is 6.03 Å². The van der Waals surface area contributed by atoms with Crippen molar-refractivity contribution in [1.82, 2.24) is 14.9 Å². The average molecular weight is 314 g/mol. The molecule has 2 amide bonds. The monoisotopic (exact) mass is 314 g/mol. The highest BCUT2D eigenvalue weighted by Gasteiger charge is 2.05. The minimum absolute atomic E-state index is 0.192. The summed E-state index contributed by atoms with van der Waals surface area (Å²) in [6.07, 6.45) is 4.43. The first-order valence-corrected chi connectivity index (χ1v) is 7.99. The molecule has 3 rings (SSSR count). The standard InChI is InChI=1S/C16H18N4OS/c1-11-9-22-15-4-3-12(7-14(11)15)19-16(21)17-6-5-13-8-20(2)10-18-13/h3-4,7-10H,5-6H2,1-2H3,(H2,17,19,21). The van der Waals surface area contributed by atoms with Gasteiger partial charge in [0.05, 0.1) is 12.0 Å². The van der Waals surface area contributed by atoms with Crippen LogP contribution in [0.1, 0.15) is 11.3 Å². The molecule has 0 bridgehead atoms. The van der Waals surface area contributed by atoms with E-state index in [1.54, 1.807) is 17.7 Å². The molecule has 0 spiro atoms. The number of nitrogens with one attached hydrogen (secondary N) is 2. The van der Waals surface area contributed by atoms with Gasteiger partial charge in [-0.25, -0.2) is 9.78 Å². The maximum atomic E-state index is 11.9. The highest BCUT2D eigenvalue weighted by Crippen LogP contribution is 2.27. The number of hydrogen-bond acceptors (Lipinski definition) is 3. The molecule has 0 aliphatic rings. The molecule has 22 heavy (non-hydrogen) atoms. The third-order valence-corrected chi connectivity index (χ3v) is 4.53. The summed E-state index contributed by atoms with van der Waals surface area (Å²) in [5, 5.41) is 9.04.